The summed E-state index contributed by atoms with van der Waals surface area (Å²) in [5.41, 5.74) is 0.312. The van der Waals surface area contributed by atoms with Crippen LogP contribution in [-0.4, -0.2) is 10.7 Å². The van der Waals surface area contributed by atoms with Crippen molar-refractivity contribution in [1.82, 2.24) is 0 Å². The van der Waals surface area contributed by atoms with Gasteiger partial charge in [-0.3, -0.25) is 14.9 Å². The van der Waals surface area contributed by atoms with Gasteiger partial charge in [0.05, 0.1) is 4.92 Å². The van der Waals surface area contributed by atoms with Crippen LogP contribution < -0.4 is 0 Å². The van der Waals surface area contributed by atoms with E-state index in [1.165, 1.54) is 25.1 Å². The summed E-state index contributed by atoms with van der Waals surface area (Å²) in [6, 6.07) is 17.7. The minimum atomic E-state index is -0.521. The summed E-state index contributed by atoms with van der Waals surface area (Å²) >= 11 is 0. The minimum absolute atomic E-state index is 0.0531. The number of carbonyl (C=O) groups is 1. The Morgan fingerprint density at radius 2 is 1.27 bits per heavy atom. The number of rotatable bonds is 2. The van der Waals surface area contributed by atoms with Crippen LogP contribution in [0.15, 0.2) is 60.7 Å². The van der Waals surface area contributed by atoms with Crippen LogP contribution in [0.2, 0.25) is 0 Å². The molecular weight excluding hydrogens is 278 g/mol. The molecule has 0 aliphatic rings. The van der Waals surface area contributed by atoms with Crippen molar-refractivity contribution in [2.45, 2.75) is 34.6 Å². The molecule has 0 atom stereocenters. The van der Waals surface area contributed by atoms with E-state index >= 15 is 0 Å². The lowest BCUT2D eigenvalue weighted by Gasteiger charge is -1.93. The summed E-state index contributed by atoms with van der Waals surface area (Å²) < 4.78 is 0. The van der Waals surface area contributed by atoms with Crippen LogP contribution in [0.4, 0.5) is 5.69 Å². The van der Waals surface area contributed by atoms with E-state index in [4.69, 9.17) is 0 Å². The van der Waals surface area contributed by atoms with Crippen molar-refractivity contribution in [2.24, 2.45) is 0 Å². The van der Waals surface area contributed by atoms with E-state index in [0.29, 0.717) is 5.56 Å². The molecule has 0 spiro atoms. The maximum atomic E-state index is 10.8. The molecule has 0 bridgehead atoms. The third kappa shape index (κ3) is 10.3. The van der Waals surface area contributed by atoms with Gasteiger partial charge < -0.3 is 0 Å². The van der Waals surface area contributed by atoms with Crippen LogP contribution in [-0.2, 0) is 0 Å². The van der Waals surface area contributed by atoms with Crippen molar-refractivity contribution in [3.63, 3.8) is 0 Å². The Hall–Kier alpha value is -2.49. The summed E-state index contributed by atoms with van der Waals surface area (Å²) in [7, 11) is 0. The van der Waals surface area contributed by atoms with Crippen molar-refractivity contribution in [2.75, 3.05) is 0 Å². The van der Waals surface area contributed by atoms with Gasteiger partial charge in [0.2, 0.25) is 0 Å². The van der Waals surface area contributed by atoms with Crippen LogP contribution in [0.1, 0.15) is 45.0 Å². The molecule has 0 aromatic heterocycles. The molecule has 2 aromatic carbocycles. The number of benzene rings is 2. The van der Waals surface area contributed by atoms with E-state index in [2.05, 4.69) is 0 Å². The fraction of sp³-hybridized carbons (Fsp3) is 0.278. The first-order valence-electron chi connectivity index (χ1n) is 7.36. The topological polar surface area (TPSA) is 60.2 Å². The minimum Gasteiger partial charge on any atom is -0.295 e. The first-order valence-corrected chi connectivity index (χ1v) is 7.36. The zero-order valence-electron chi connectivity index (χ0n) is 13.9. The van der Waals surface area contributed by atoms with Crippen molar-refractivity contribution in [3.05, 3.63) is 76.3 Å². The Labute approximate surface area is 133 Å². The molecule has 2 rings (SSSR count). The Kier molecular flexibility index (Phi) is 14.8. The maximum Gasteiger partial charge on any atom is 0.270 e. The molecule has 120 valence electrons. The molecule has 0 unspecified atom stereocenters. The highest BCUT2D eigenvalue weighted by atomic mass is 16.6. The smallest absolute Gasteiger partial charge is 0.270 e. The van der Waals surface area contributed by atoms with Gasteiger partial charge in [-0.2, -0.15) is 0 Å². The van der Waals surface area contributed by atoms with E-state index in [-0.39, 0.29) is 11.5 Å². The van der Waals surface area contributed by atoms with Gasteiger partial charge in [-0.25, -0.2) is 0 Å². The van der Waals surface area contributed by atoms with Crippen molar-refractivity contribution in [3.8, 4) is 0 Å². The number of carbonyl (C=O) groups excluding carboxylic acids is 1. The number of nitro groups is 1. The molecule has 2 aromatic rings. The van der Waals surface area contributed by atoms with E-state index in [9.17, 15) is 14.9 Å². The number of ketones is 1. The number of nitro benzene ring substituents is 1. The monoisotopic (exact) mass is 303 g/mol. The molecule has 4 nitrogen and oxygen atoms in total. The van der Waals surface area contributed by atoms with Crippen molar-refractivity contribution in [1.29, 1.82) is 0 Å². The highest BCUT2D eigenvalue weighted by Crippen LogP contribution is 2.12. The van der Waals surface area contributed by atoms with Crippen LogP contribution >= 0.6 is 0 Å². The third-order valence-corrected chi connectivity index (χ3v) is 2.13. The Morgan fingerprint density at radius 1 is 0.864 bits per heavy atom. The molecule has 22 heavy (non-hydrogen) atoms. The van der Waals surface area contributed by atoms with Gasteiger partial charge in [0.15, 0.2) is 5.78 Å². The summed E-state index contributed by atoms with van der Waals surface area (Å²) in [4.78, 5) is 20.5. The van der Waals surface area contributed by atoms with Crippen molar-refractivity contribution >= 4 is 11.5 Å². The van der Waals surface area contributed by atoms with Gasteiger partial charge in [0, 0.05) is 17.7 Å². The average molecular weight is 303 g/mol. The highest BCUT2D eigenvalue weighted by molar-refractivity contribution is 5.94. The predicted octanol–water partition coefficient (Wildman–Crippen LogP) is 5.54. The molecule has 0 saturated carbocycles. The summed E-state index contributed by atoms with van der Waals surface area (Å²) in [5.74, 6) is -0.168. The van der Waals surface area contributed by atoms with Gasteiger partial charge in [-0.05, 0) is 6.92 Å². The van der Waals surface area contributed by atoms with Crippen molar-refractivity contribution < 1.29 is 9.72 Å². The summed E-state index contributed by atoms with van der Waals surface area (Å²) in [6.07, 6.45) is 0. The van der Waals surface area contributed by atoms with E-state index in [1.807, 2.05) is 64.1 Å². The van der Waals surface area contributed by atoms with Gasteiger partial charge >= 0.3 is 0 Å². The second-order valence-electron chi connectivity index (χ2n) is 3.52. The lowest BCUT2D eigenvalue weighted by molar-refractivity contribution is -0.384. The maximum absolute atomic E-state index is 10.8. The van der Waals surface area contributed by atoms with Gasteiger partial charge in [-0.1, -0.05) is 76.2 Å². The second kappa shape index (κ2) is 14.9. The van der Waals surface area contributed by atoms with Gasteiger partial charge in [0.25, 0.3) is 5.69 Å². The standard InChI is InChI=1S/C8H7NO3.C6H6.2C2H6/c1-6(10)7-3-2-4-8(5-7)9(11)12;1-2-4-6-5-3-1;2*1-2/h2-5H,1H3;1-6H;2*1-2H3. The molecule has 0 radical (unpaired) electrons. The normalized spacial score (nSPS) is 7.86. The quantitative estimate of drug-likeness (QED) is 0.416. The van der Waals surface area contributed by atoms with E-state index < -0.39 is 4.92 Å². The average Bonchev–Trinajstić information content (AvgIpc) is 2.60. The van der Waals surface area contributed by atoms with Crippen LogP contribution in [0.5, 0.6) is 0 Å². The number of Topliss-reactive ketones (excluding diaryl/α,β-unsaturated/α-hetero) is 1. The number of non-ortho nitro benzene ring substituents is 1. The molecule has 0 aliphatic carbocycles. The molecule has 0 aliphatic heterocycles. The number of hydrogen-bond acceptors (Lipinski definition) is 3. The Balaban J connectivity index is 0. The number of nitrogens with zero attached hydrogens (tertiary/aromatic N) is 1. The molecule has 0 saturated heterocycles. The fourth-order valence-electron chi connectivity index (χ4n) is 1.22. The van der Waals surface area contributed by atoms with Gasteiger partial charge in [0.1, 0.15) is 0 Å². The summed E-state index contributed by atoms with van der Waals surface area (Å²) in [6.45, 7) is 9.37. The van der Waals surface area contributed by atoms with Gasteiger partial charge in [-0.15, -0.1) is 0 Å². The molecular formula is C18H25NO3. The van der Waals surface area contributed by atoms with E-state index in [1.54, 1.807) is 6.07 Å². The Bertz CT molecular complexity index is 469. The largest absolute Gasteiger partial charge is 0.295 e. The highest BCUT2D eigenvalue weighted by Gasteiger charge is 2.07. The Morgan fingerprint density at radius 3 is 1.59 bits per heavy atom. The first-order chi connectivity index (χ1) is 10.6. The molecule has 0 N–H and O–H groups in total. The summed E-state index contributed by atoms with van der Waals surface area (Å²) in [5, 5.41) is 10.3. The van der Waals surface area contributed by atoms with Crippen LogP contribution in [0.3, 0.4) is 0 Å². The third-order valence-electron chi connectivity index (χ3n) is 2.13. The zero-order chi connectivity index (χ0) is 17.4. The zero-order valence-corrected chi connectivity index (χ0v) is 13.9. The fourth-order valence-corrected chi connectivity index (χ4v) is 1.22. The molecule has 0 amide bonds. The lowest BCUT2D eigenvalue weighted by Crippen LogP contribution is -1.94. The second-order valence-corrected chi connectivity index (χ2v) is 3.52. The number of hydrogen-bond donors (Lipinski definition) is 0. The molecule has 0 heterocycles. The molecule has 0 fully saturated rings. The van der Waals surface area contributed by atoms with E-state index in [0.717, 1.165) is 0 Å². The predicted molar refractivity (Wildman–Crippen MR) is 92.2 cm³/mol. The lowest BCUT2D eigenvalue weighted by atomic mass is 10.1. The SMILES string of the molecule is CC.CC.CC(=O)c1cccc([N+](=O)[O-])c1.c1ccccc1. The van der Waals surface area contributed by atoms with Crippen LogP contribution in [0, 0.1) is 10.1 Å². The van der Waals surface area contributed by atoms with Crippen LogP contribution in [0.25, 0.3) is 0 Å². The first kappa shape index (κ1) is 21.8. The molecule has 4 heteroatoms.